The van der Waals surface area contributed by atoms with Gasteiger partial charge in [0.25, 0.3) is 5.91 Å². The maximum absolute atomic E-state index is 13.1. The highest BCUT2D eigenvalue weighted by Crippen LogP contribution is 2.50. The number of carbonyl (C=O) groups is 2. The van der Waals surface area contributed by atoms with Gasteiger partial charge in [-0.1, -0.05) is 31.5 Å². The van der Waals surface area contributed by atoms with Gasteiger partial charge in [0.15, 0.2) is 0 Å². The van der Waals surface area contributed by atoms with Crippen molar-refractivity contribution in [3.05, 3.63) is 34.9 Å². The van der Waals surface area contributed by atoms with E-state index in [0.717, 1.165) is 0 Å². The molecule has 27 heavy (non-hydrogen) atoms. The molecule has 1 aromatic rings. The lowest BCUT2D eigenvalue weighted by Crippen LogP contribution is -2.76. The number of benzene rings is 1. The van der Waals surface area contributed by atoms with Crippen LogP contribution in [0, 0.1) is 5.41 Å². The van der Waals surface area contributed by atoms with Gasteiger partial charge in [-0.25, -0.2) is 0 Å². The third-order valence-electron chi connectivity index (χ3n) is 6.14. The summed E-state index contributed by atoms with van der Waals surface area (Å²) in [6, 6.07) is 6.93. The standard InChI is InChI=1S/C20H28ClN3O3/c1-4-27-16-13-20(22,19(16,2)3)18(26)24-10-8-23(9-11-24)17(25)14-6-5-7-15(21)12-14/h5-7,12,16H,4,8-11,13,22H2,1-3H3. The van der Waals surface area contributed by atoms with Crippen molar-refractivity contribution in [2.45, 2.75) is 38.8 Å². The van der Waals surface area contributed by atoms with Crippen molar-refractivity contribution in [2.24, 2.45) is 11.1 Å². The predicted molar refractivity (Wildman–Crippen MR) is 105 cm³/mol. The summed E-state index contributed by atoms with van der Waals surface area (Å²) in [5.74, 6) is -0.106. The van der Waals surface area contributed by atoms with Gasteiger partial charge >= 0.3 is 0 Å². The van der Waals surface area contributed by atoms with E-state index in [4.69, 9.17) is 22.1 Å². The Balaban J connectivity index is 1.61. The molecular formula is C20H28ClN3O3. The molecule has 1 aliphatic heterocycles. The Morgan fingerprint density at radius 3 is 2.41 bits per heavy atom. The monoisotopic (exact) mass is 393 g/mol. The lowest BCUT2D eigenvalue weighted by Gasteiger charge is -2.59. The number of nitrogens with zero attached hydrogens (tertiary/aromatic N) is 2. The van der Waals surface area contributed by atoms with E-state index in [1.54, 1.807) is 34.1 Å². The molecule has 2 unspecified atom stereocenters. The summed E-state index contributed by atoms with van der Waals surface area (Å²) in [7, 11) is 0. The summed E-state index contributed by atoms with van der Waals surface area (Å²) in [5.41, 5.74) is 5.76. The van der Waals surface area contributed by atoms with E-state index in [9.17, 15) is 9.59 Å². The van der Waals surface area contributed by atoms with Crippen molar-refractivity contribution >= 4 is 23.4 Å². The zero-order valence-electron chi connectivity index (χ0n) is 16.2. The number of halogens is 1. The van der Waals surface area contributed by atoms with E-state index in [1.807, 2.05) is 20.8 Å². The average molecular weight is 394 g/mol. The summed E-state index contributed by atoms with van der Waals surface area (Å²) in [4.78, 5) is 29.3. The number of hydrogen-bond acceptors (Lipinski definition) is 4. The smallest absolute Gasteiger partial charge is 0.254 e. The normalized spacial score (nSPS) is 27.2. The Bertz CT molecular complexity index is 731. The Hall–Kier alpha value is -1.63. The fraction of sp³-hybridized carbons (Fsp3) is 0.600. The van der Waals surface area contributed by atoms with Crippen LogP contribution < -0.4 is 5.73 Å². The zero-order chi connectivity index (χ0) is 19.8. The molecule has 3 rings (SSSR count). The van der Waals surface area contributed by atoms with Crippen LogP contribution in [0.1, 0.15) is 37.6 Å². The van der Waals surface area contributed by atoms with Gasteiger partial charge < -0.3 is 20.3 Å². The molecule has 0 radical (unpaired) electrons. The highest BCUT2D eigenvalue weighted by Gasteiger charge is 2.63. The molecule has 1 aromatic carbocycles. The van der Waals surface area contributed by atoms with Crippen LogP contribution in [0.5, 0.6) is 0 Å². The first kappa shape index (κ1) is 20.1. The molecule has 1 aliphatic carbocycles. The largest absolute Gasteiger partial charge is 0.378 e. The minimum absolute atomic E-state index is 0.00199. The molecule has 1 saturated heterocycles. The van der Waals surface area contributed by atoms with Crippen molar-refractivity contribution in [3.8, 4) is 0 Å². The molecule has 1 heterocycles. The first-order chi connectivity index (χ1) is 12.7. The van der Waals surface area contributed by atoms with Crippen LogP contribution in [0.4, 0.5) is 0 Å². The molecule has 2 N–H and O–H groups in total. The Labute approximate surface area is 165 Å². The molecule has 2 fully saturated rings. The van der Waals surface area contributed by atoms with Gasteiger partial charge in [-0.15, -0.1) is 0 Å². The SMILES string of the molecule is CCOC1CC(N)(C(=O)N2CCN(C(=O)c3cccc(Cl)c3)CC2)C1(C)C. The molecule has 2 aliphatic rings. The molecule has 2 atom stereocenters. The number of ether oxygens (including phenoxy) is 1. The van der Waals surface area contributed by atoms with Crippen LogP contribution in [-0.4, -0.2) is 66.0 Å². The summed E-state index contributed by atoms with van der Waals surface area (Å²) < 4.78 is 5.72. The summed E-state index contributed by atoms with van der Waals surface area (Å²) in [6.07, 6.45) is 0.538. The van der Waals surface area contributed by atoms with Crippen LogP contribution in [-0.2, 0) is 9.53 Å². The van der Waals surface area contributed by atoms with Crippen LogP contribution in [0.2, 0.25) is 5.02 Å². The molecule has 0 aromatic heterocycles. The Morgan fingerprint density at radius 1 is 1.22 bits per heavy atom. The lowest BCUT2D eigenvalue weighted by atomic mass is 9.54. The number of nitrogens with two attached hydrogens (primary N) is 1. The van der Waals surface area contributed by atoms with Crippen LogP contribution in [0.15, 0.2) is 24.3 Å². The first-order valence-electron chi connectivity index (χ1n) is 9.45. The summed E-state index contributed by atoms with van der Waals surface area (Å²) in [5, 5.41) is 0.538. The molecule has 0 bridgehead atoms. The zero-order valence-corrected chi connectivity index (χ0v) is 17.0. The minimum atomic E-state index is -0.911. The number of rotatable bonds is 4. The Morgan fingerprint density at radius 2 is 1.85 bits per heavy atom. The van der Waals surface area contributed by atoms with Gasteiger partial charge in [0, 0.05) is 55.2 Å². The fourth-order valence-corrected chi connectivity index (χ4v) is 4.19. The third kappa shape index (κ3) is 3.46. The van der Waals surface area contributed by atoms with Crippen LogP contribution in [0.3, 0.4) is 0 Å². The highest BCUT2D eigenvalue weighted by molar-refractivity contribution is 6.30. The van der Waals surface area contributed by atoms with Crippen LogP contribution >= 0.6 is 11.6 Å². The quantitative estimate of drug-likeness (QED) is 0.850. The van der Waals surface area contributed by atoms with E-state index in [0.29, 0.717) is 49.8 Å². The third-order valence-corrected chi connectivity index (χ3v) is 6.37. The maximum Gasteiger partial charge on any atom is 0.254 e. The highest BCUT2D eigenvalue weighted by atomic mass is 35.5. The molecule has 148 valence electrons. The van der Waals surface area contributed by atoms with E-state index < -0.39 is 11.0 Å². The second kappa shape index (κ2) is 7.41. The van der Waals surface area contributed by atoms with Crippen molar-refractivity contribution in [1.82, 2.24) is 9.80 Å². The van der Waals surface area contributed by atoms with Crippen molar-refractivity contribution in [2.75, 3.05) is 32.8 Å². The summed E-state index contributed by atoms with van der Waals surface area (Å²) in [6.45, 7) is 8.50. The fourth-order valence-electron chi connectivity index (χ4n) is 4.00. The number of amides is 2. The molecule has 0 spiro atoms. The van der Waals surface area contributed by atoms with Gasteiger partial charge in [-0.3, -0.25) is 9.59 Å². The van der Waals surface area contributed by atoms with E-state index >= 15 is 0 Å². The van der Waals surface area contributed by atoms with E-state index in [-0.39, 0.29) is 17.9 Å². The molecule has 6 nitrogen and oxygen atoms in total. The maximum atomic E-state index is 13.1. The first-order valence-corrected chi connectivity index (χ1v) is 9.83. The molecule has 1 saturated carbocycles. The number of piperazine rings is 1. The molecule has 2 amide bonds. The van der Waals surface area contributed by atoms with Crippen molar-refractivity contribution < 1.29 is 14.3 Å². The van der Waals surface area contributed by atoms with Gasteiger partial charge in [-0.05, 0) is 25.1 Å². The second-order valence-corrected chi connectivity index (χ2v) is 8.37. The Kier molecular flexibility index (Phi) is 5.52. The van der Waals surface area contributed by atoms with E-state index in [1.165, 1.54) is 0 Å². The predicted octanol–water partition coefficient (Wildman–Crippen LogP) is 2.16. The molecular weight excluding hydrogens is 366 g/mol. The number of hydrogen-bond donors (Lipinski definition) is 1. The van der Waals surface area contributed by atoms with Gasteiger partial charge in [0.05, 0.1) is 6.10 Å². The minimum Gasteiger partial charge on any atom is -0.378 e. The van der Waals surface area contributed by atoms with Crippen molar-refractivity contribution in [1.29, 1.82) is 0 Å². The van der Waals surface area contributed by atoms with Gasteiger partial charge in [0.2, 0.25) is 5.91 Å². The topological polar surface area (TPSA) is 75.9 Å². The van der Waals surface area contributed by atoms with Gasteiger partial charge in [0.1, 0.15) is 5.54 Å². The van der Waals surface area contributed by atoms with E-state index in [2.05, 4.69) is 0 Å². The summed E-state index contributed by atoms with van der Waals surface area (Å²) >= 11 is 5.98. The van der Waals surface area contributed by atoms with Gasteiger partial charge in [-0.2, -0.15) is 0 Å². The number of carbonyl (C=O) groups excluding carboxylic acids is 2. The lowest BCUT2D eigenvalue weighted by molar-refractivity contribution is -0.180. The second-order valence-electron chi connectivity index (χ2n) is 7.94. The molecule has 7 heteroatoms. The average Bonchev–Trinajstić information content (AvgIpc) is 2.66. The van der Waals surface area contributed by atoms with Crippen molar-refractivity contribution in [3.63, 3.8) is 0 Å². The van der Waals surface area contributed by atoms with Crippen LogP contribution in [0.25, 0.3) is 0 Å².